The molecule has 0 bridgehead atoms. The molecule has 1 aliphatic rings. The quantitative estimate of drug-likeness (QED) is 0.596. The highest BCUT2D eigenvalue weighted by Gasteiger charge is 2.19. The molecule has 2 heterocycles. The van der Waals surface area contributed by atoms with Crippen LogP contribution in [0.3, 0.4) is 0 Å². The number of aromatic nitrogens is 2. The summed E-state index contributed by atoms with van der Waals surface area (Å²) in [5.74, 6) is 1.92. The minimum atomic E-state index is 0.0813. The van der Waals surface area contributed by atoms with Crippen molar-refractivity contribution in [1.82, 2.24) is 15.3 Å². The Balaban J connectivity index is 1.66. The lowest BCUT2D eigenvalue weighted by atomic mass is 10.0. The van der Waals surface area contributed by atoms with Gasteiger partial charge >= 0.3 is 0 Å². The van der Waals surface area contributed by atoms with Gasteiger partial charge in [-0.25, -0.2) is 4.98 Å². The summed E-state index contributed by atoms with van der Waals surface area (Å²) in [6.45, 7) is 6.30. The number of hydrogen-bond donors (Lipinski definition) is 2. The first-order valence-corrected chi connectivity index (χ1v) is 9.72. The van der Waals surface area contributed by atoms with Crippen LogP contribution in [0, 0.1) is 5.92 Å². The molecular formula is C19H24ClN5S. The van der Waals surface area contributed by atoms with Crippen molar-refractivity contribution >= 4 is 40.7 Å². The summed E-state index contributed by atoms with van der Waals surface area (Å²) in [5.41, 5.74) is 1.16. The molecule has 1 fully saturated rings. The van der Waals surface area contributed by atoms with Crippen molar-refractivity contribution in [2.24, 2.45) is 5.92 Å². The minimum Gasteiger partial charge on any atom is -0.356 e. The van der Waals surface area contributed by atoms with Gasteiger partial charge in [0.1, 0.15) is 11.0 Å². The average Bonchev–Trinajstić information content (AvgIpc) is 2.62. The summed E-state index contributed by atoms with van der Waals surface area (Å²) in [4.78, 5) is 11.1. The zero-order valence-electron chi connectivity index (χ0n) is 15.1. The number of halogens is 1. The lowest BCUT2D eigenvalue weighted by Gasteiger charge is -2.32. The van der Waals surface area contributed by atoms with Crippen LogP contribution in [0.5, 0.6) is 0 Å². The Morgan fingerprint density at radius 2 is 2.08 bits per heavy atom. The number of piperidine rings is 1. The molecule has 3 rings (SSSR count). The van der Waals surface area contributed by atoms with Gasteiger partial charge in [0.2, 0.25) is 5.95 Å². The Morgan fingerprint density at radius 3 is 2.81 bits per heavy atom. The van der Waals surface area contributed by atoms with E-state index in [-0.39, 0.29) is 6.04 Å². The van der Waals surface area contributed by atoms with E-state index in [0.29, 0.717) is 22.1 Å². The second kappa shape index (κ2) is 8.64. The molecule has 0 radical (unpaired) electrons. The number of thiocarbonyl (C=S) groups is 1. The third kappa shape index (κ3) is 5.05. The van der Waals surface area contributed by atoms with Crippen molar-refractivity contribution in [2.45, 2.75) is 32.7 Å². The van der Waals surface area contributed by atoms with Gasteiger partial charge < -0.3 is 15.5 Å². The Hall–Kier alpha value is -1.92. The fraction of sp³-hybridized carbons (Fsp3) is 0.421. The van der Waals surface area contributed by atoms with Gasteiger partial charge in [0.25, 0.3) is 0 Å². The molecule has 0 amide bonds. The maximum absolute atomic E-state index is 6.21. The molecule has 2 N–H and O–H groups in total. The lowest BCUT2D eigenvalue weighted by Crippen LogP contribution is -2.35. The van der Waals surface area contributed by atoms with Crippen LogP contribution in [0.15, 0.2) is 36.4 Å². The number of nitrogens with one attached hydrogen (secondary N) is 2. The summed E-state index contributed by atoms with van der Waals surface area (Å²) in [6, 6.07) is 12.0. The standard InChI is InChI=1S/C19H24ClN5S/c1-13-7-6-10-25(12-13)17-11-16(20)22-18(23-17)24-19(26)21-14(2)15-8-4-3-5-9-15/h3-5,8-9,11,13-14H,6-7,10,12H2,1-2H3,(H2,21,22,23,24,26)/t13-,14+/m0/s1. The highest BCUT2D eigenvalue weighted by molar-refractivity contribution is 7.80. The largest absolute Gasteiger partial charge is 0.356 e. The first-order valence-electron chi connectivity index (χ1n) is 8.93. The highest BCUT2D eigenvalue weighted by atomic mass is 35.5. The molecule has 7 heteroatoms. The van der Waals surface area contributed by atoms with E-state index in [0.717, 1.165) is 24.5 Å². The normalized spacial score (nSPS) is 18.3. The predicted octanol–water partition coefficient (Wildman–Crippen LogP) is 4.41. The van der Waals surface area contributed by atoms with Gasteiger partial charge in [0.15, 0.2) is 5.11 Å². The Kier molecular flexibility index (Phi) is 6.27. The van der Waals surface area contributed by atoms with Crippen molar-refractivity contribution in [3.8, 4) is 0 Å². The summed E-state index contributed by atoms with van der Waals surface area (Å²) >= 11 is 11.6. The second-order valence-electron chi connectivity index (χ2n) is 6.80. The van der Waals surface area contributed by atoms with Gasteiger partial charge in [0, 0.05) is 19.2 Å². The maximum Gasteiger partial charge on any atom is 0.232 e. The minimum absolute atomic E-state index is 0.0813. The van der Waals surface area contributed by atoms with Crippen LogP contribution in [0.2, 0.25) is 5.15 Å². The summed E-state index contributed by atoms with van der Waals surface area (Å²) in [5, 5.41) is 7.20. The molecule has 26 heavy (non-hydrogen) atoms. The number of nitrogens with zero attached hydrogens (tertiary/aromatic N) is 3. The van der Waals surface area contributed by atoms with Crippen LogP contribution in [-0.2, 0) is 0 Å². The molecule has 0 saturated carbocycles. The topological polar surface area (TPSA) is 53.1 Å². The van der Waals surface area contributed by atoms with E-state index >= 15 is 0 Å². The Bertz CT molecular complexity index is 755. The van der Waals surface area contributed by atoms with E-state index in [2.05, 4.69) is 51.5 Å². The molecule has 138 valence electrons. The van der Waals surface area contributed by atoms with Crippen molar-refractivity contribution < 1.29 is 0 Å². The molecule has 2 atom stereocenters. The van der Waals surface area contributed by atoms with Gasteiger partial charge in [-0.2, -0.15) is 4.98 Å². The SMILES string of the molecule is C[C@H]1CCCN(c2cc(Cl)nc(NC(=S)N[C@H](C)c3ccccc3)n2)C1. The fourth-order valence-electron chi connectivity index (χ4n) is 3.18. The zero-order chi connectivity index (χ0) is 18.5. The number of anilines is 2. The fourth-order valence-corrected chi connectivity index (χ4v) is 3.63. The average molecular weight is 390 g/mol. The van der Waals surface area contributed by atoms with Crippen LogP contribution >= 0.6 is 23.8 Å². The first kappa shape index (κ1) is 18.9. The van der Waals surface area contributed by atoms with Crippen molar-refractivity contribution in [2.75, 3.05) is 23.3 Å². The van der Waals surface area contributed by atoms with Crippen molar-refractivity contribution in [3.63, 3.8) is 0 Å². The Morgan fingerprint density at radius 1 is 1.31 bits per heavy atom. The van der Waals surface area contributed by atoms with Crippen LogP contribution in [0.4, 0.5) is 11.8 Å². The predicted molar refractivity (Wildman–Crippen MR) is 112 cm³/mol. The van der Waals surface area contributed by atoms with E-state index in [9.17, 15) is 0 Å². The molecule has 1 aromatic carbocycles. The van der Waals surface area contributed by atoms with Crippen LogP contribution in [0.25, 0.3) is 0 Å². The summed E-state index contributed by atoms with van der Waals surface area (Å²) in [7, 11) is 0. The van der Waals surface area contributed by atoms with Gasteiger partial charge in [-0.3, -0.25) is 0 Å². The summed E-state index contributed by atoms with van der Waals surface area (Å²) < 4.78 is 0. The van der Waals surface area contributed by atoms with E-state index in [1.165, 1.54) is 12.8 Å². The van der Waals surface area contributed by atoms with Crippen LogP contribution in [-0.4, -0.2) is 28.2 Å². The van der Waals surface area contributed by atoms with Gasteiger partial charge in [-0.1, -0.05) is 48.9 Å². The third-order valence-corrected chi connectivity index (χ3v) is 4.95. The molecule has 1 aromatic heterocycles. The van der Waals surface area contributed by atoms with E-state index in [1.807, 2.05) is 24.3 Å². The molecular weight excluding hydrogens is 366 g/mol. The highest BCUT2D eigenvalue weighted by Crippen LogP contribution is 2.24. The van der Waals surface area contributed by atoms with Gasteiger partial charge in [-0.05, 0) is 43.5 Å². The molecule has 0 spiro atoms. The Labute approximate surface area is 165 Å². The van der Waals surface area contributed by atoms with Crippen molar-refractivity contribution in [3.05, 3.63) is 47.1 Å². The van der Waals surface area contributed by atoms with Crippen LogP contribution < -0.4 is 15.5 Å². The molecule has 1 aliphatic heterocycles. The van der Waals surface area contributed by atoms with E-state index < -0.39 is 0 Å². The monoisotopic (exact) mass is 389 g/mol. The van der Waals surface area contributed by atoms with Gasteiger partial charge in [-0.15, -0.1) is 0 Å². The zero-order valence-corrected chi connectivity index (χ0v) is 16.6. The van der Waals surface area contributed by atoms with E-state index in [1.54, 1.807) is 0 Å². The molecule has 2 aromatic rings. The molecule has 5 nitrogen and oxygen atoms in total. The van der Waals surface area contributed by atoms with Crippen molar-refractivity contribution in [1.29, 1.82) is 0 Å². The molecule has 0 aliphatic carbocycles. The smallest absolute Gasteiger partial charge is 0.232 e. The molecule has 1 saturated heterocycles. The van der Waals surface area contributed by atoms with Gasteiger partial charge in [0.05, 0.1) is 6.04 Å². The molecule has 0 unspecified atom stereocenters. The number of benzene rings is 1. The summed E-state index contributed by atoms with van der Waals surface area (Å²) in [6.07, 6.45) is 2.42. The third-order valence-electron chi connectivity index (χ3n) is 4.53. The van der Waals surface area contributed by atoms with Crippen LogP contribution in [0.1, 0.15) is 38.3 Å². The number of rotatable bonds is 4. The second-order valence-corrected chi connectivity index (χ2v) is 7.59. The lowest BCUT2D eigenvalue weighted by molar-refractivity contribution is 0.444. The maximum atomic E-state index is 6.21. The van der Waals surface area contributed by atoms with E-state index in [4.69, 9.17) is 23.8 Å². The number of hydrogen-bond acceptors (Lipinski definition) is 4. The first-order chi connectivity index (χ1) is 12.5.